The summed E-state index contributed by atoms with van der Waals surface area (Å²) in [4.78, 5) is 16.7. The molecule has 1 amide bonds. The van der Waals surface area contributed by atoms with Gasteiger partial charge in [-0.15, -0.1) is 11.3 Å². The fraction of sp³-hybridized carbons (Fsp3) is 0.444. The zero-order chi connectivity index (χ0) is 16.8. The highest BCUT2D eigenvalue weighted by atomic mass is 32.1. The van der Waals surface area contributed by atoms with Crippen molar-refractivity contribution in [2.45, 2.75) is 32.2 Å². The summed E-state index contributed by atoms with van der Waals surface area (Å²) in [6, 6.07) is 8.14. The van der Waals surface area contributed by atoms with Crippen molar-refractivity contribution in [3.63, 3.8) is 0 Å². The van der Waals surface area contributed by atoms with Crippen molar-refractivity contribution in [1.82, 2.24) is 15.6 Å². The van der Waals surface area contributed by atoms with Crippen molar-refractivity contribution in [1.29, 1.82) is 0 Å². The highest BCUT2D eigenvalue weighted by Gasteiger charge is 2.16. The summed E-state index contributed by atoms with van der Waals surface area (Å²) < 4.78 is 5.45. The summed E-state index contributed by atoms with van der Waals surface area (Å²) >= 11 is 1.57. The molecule has 0 saturated carbocycles. The first-order valence-electron chi connectivity index (χ1n) is 8.42. The predicted molar refractivity (Wildman–Crippen MR) is 96.5 cm³/mol. The van der Waals surface area contributed by atoms with Gasteiger partial charge < -0.3 is 15.4 Å². The van der Waals surface area contributed by atoms with E-state index in [1.165, 1.54) is 0 Å². The lowest BCUT2D eigenvalue weighted by Gasteiger charge is -2.23. The van der Waals surface area contributed by atoms with Gasteiger partial charge in [-0.25, -0.2) is 4.98 Å². The quantitative estimate of drug-likeness (QED) is 0.845. The van der Waals surface area contributed by atoms with Crippen LogP contribution in [-0.4, -0.2) is 36.6 Å². The lowest BCUT2D eigenvalue weighted by Crippen LogP contribution is -2.46. The number of rotatable bonds is 6. The van der Waals surface area contributed by atoms with E-state index < -0.39 is 0 Å². The van der Waals surface area contributed by atoms with E-state index in [-0.39, 0.29) is 11.9 Å². The Morgan fingerprint density at radius 3 is 2.96 bits per heavy atom. The molecule has 1 atom stereocenters. The normalized spacial score (nSPS) is 17.5. The number of nitrogens with zero attached hydrogens (tertiary/aromatic N) is 1. The number of hydrogen-bond acceptors (Lipinski definition) is 5. The lowest BCUT2D eigenvalue weighted by molar-refractivity contribution is -0.121. The number of carbonyl (C=O) groups excluding carboxylic acids is 1. The molecule has 6 heteroatoms. The van der Waals surface area contributed by atoms with Crippen LogP contribution in [0, 0.1) is 0 Å². The van der Waals surface area contributed by atoms with Crippen LogP contribution in [0.25, 0.3) is 10.6 Å². The van der Waals surface area contributed by atoms with Gasteiger partial charge in [-0.2, -0.15) is 0 Å². The average Bonchev–Trinajstić information content (AvgIpc) is 3.05. The number of benzene rings is 1. The third-order valence-electron chi connectivity index (χ3n) is 3.97. The Hall–Kier alpha value is -1.92. The molecule has 1 fully saturated rings. The Morgan fingerprint density at radius 1 is 1.42 bits per heavy atom. The topological polar surface area (TPSA) is 63.2 Å². The number of piperidine rings is 1. The monoisotopic (exact) mass is 345 g/mol. The van der Waals surface area contributed by atoms with E-state index in [9.17, 15) is 4.79 Å². The predicted octanol–water partition coefficient (Wildman–Crippen LogP) is 2.62. The Balaban J connectivity index is 1.57. The van der Waals surface area contributed by atoms with Crippen LogP contribution in [0.4, 0.5) is 0 Å². The standard InChI is InChI=1S/C18H23N3O2S/c1-2-23-16-7-5-13(6-8-16)18-21-15(12-24-18)10-17(22)20-14-4-3-9-19-11-14/h5-8,12,14,19H,2-4,9-11H2,1H3,(H,20,22). The molecule has 0 spiro atoms. The average molecular weight is 345 g/mol. The maximum atomic E-state index is 12.2. The number of hydrogen-bond donors (Lipinski definition) is 2. The number of carbonyl (C=O) groups is 1. The van der Waals surface area contributed by atoms with Crippen LogP contribution in [0.2, 0.25) is 0 Å². The van der Waals surface area contributed by atoms with E-state index in [1.807, 2.05) is 36.6 Å². The number of thiazole rings is 1. The molecule has 0 bridgehead atoms. The Kier molecular flexibility index (Phi) is 5.82. The van der Waals surface area contributed by atoms with E-state index in [0.717, 1.165) is 47.9 Å². The number of aromatic nitrogens is 1. The molecular weight excluding hydrogens is 322 g/mol. The molecule has 2 N–H and O–H groups in total. The van der Waals surface area contributed by atoms with Crippen molar-refractivity contribution in [3.05, 3.63) is 35.3 Å². The summed E-state index contributed by atoms with van der Waals surface area (Å²) in [5.74, 6) is 0.908. The molecule has 1 aromatic heterocycles. The van der Waals surface area contributed by atoms with Crippen molar-refractivity contribution in [2.75, 3.05) is 19.7 Å². The zero-order valence-electron chi connectivity index (χ0n) is 13.9. The fourth-order valence-corrected chi connectivity index (χ4v) is 3.63. The lowest BCUT2D eigenvalue weighted by atomic mass is 10.1. The Bertz CT molecular complexity index is 663. The minimum absolute atomic E-state index is 0.0484. The summed E-state index contributed by atoms with van der Waals surface area (Å²) in [6.45, 7) is 4.53. The second-order valence-corrected chi connectivity index (χ2v) is 6.75. The van der Waals surface area contributed by atoms with Crippen molar-refractivity contribution >= 4 is 17.2 Å². The highest BCUT2D eigenvalue weighted by Crippen LogP contribution is 2.26. The highest BCUT2D eigenvalue weighted by molar-refractivity contribution is 7.13. The number of ether oxygens (including phenoxy) is 1. The van der Waals surface area contributed by atoms with Crippen LogP contribution in [0.1, 0.15) is 25.5 Å². The molecular formula is C18H23N3O2S. The van der Waals surface area contributed by atoms with Gasteiger partial charge in [0.25, 0.3) is 0 Å². The number of nitrogens with one attached hydrogen (secondary N) is 2. The van der Waals surface area contributed by atoms with Gasteiger partial charge in [0.2, 0.25) is 5.91 Å². The van der Waals surface area contributed by atoms with E-state index in [1.54, 1.807) is 11.3 Å². The van der Waals surface area contributed by atoms with Gasteiger partial charge in [0.1, 0.15) is 10.8 Å². The van der Waals surface area contributed by atoms with Gasteiger partial charge >= 0.3 is 0 Å². The molecule has 3 rings (SSSR count). The Morgan fingerprint density at radius 2 is 2.25 bits per heavy atom. The van der Waals surface area contributed by atoms with E-state index in [2.05, 4.69) is 15.6 Å². The molecule has 1 aliphatic rings. The molecule has 2 aromatic rings. The molecule has 0 aliphatic carbocycles. The van der Waals surface area contributed by atoms with Crippen LogP contribution < -0.4 is 15.4 Å². The summed E-state index contributed by atoms with van der Waals surface area (Å²) in [5, 5.41) is 9.28. The Labute approximate surface area is 146 Å². The largest absolute Gasteiger partial charge is 0.494 e. The van der Waals surface area contributed by atoms with Gasteiger partial charge in [-0.05, 0) is 50.6 Å². The van der Waals surface area contributed by atoms with Crippen molar-refractivity contribution < 1.29 is 9.53 Å². The van der Waals surface area contributed by atoms with Gasteiger partial charge in [0, 0.05) is 23.5 Å². The molecule has 2 heterocycles. The molecule has 0 radical (unpaired) electrons. The molecule has 1 aromatic carbocycles. The molecule has 1 saturated heterocycles. The molecule has 24 heavy (non-hydrogen) atoms. The van der Waals surface area contributed by atoms with E-state index >= 15 is 0 Å². The van der Waals surface area contributed by atoms with Crippen LogP contribution in [0.3, 0.4) is 0 Å². The first kappa shape index (κ1) is 16.9. The van der Waals surface area contributed by atoms with Crippen LogP contribution in [-0.2, 0) is 11.2 Å². The van der Waals surface area contributed by atoms with Crippen LogP contribution in [0.15, 0.2) is 29.6 Å². The SMILES string of the molecule is CCOc1ccc(-c2nc(CC(=O)NC3CCCNC3)cs2)cc1. The third-order valence-corrected chi connectivity index (χ3v) is 4.91. The molecule has 128 valence electrons. The van der Waals surface area contributed by atoms with E-state index in [0.29, 0.717) is 13.0 Å². The van der Waals surface area contributed by atoms with Crippen LogP contribution in [0.5, 0.6) is 5.75 Å². The maximum Gasteiger partial charge on any atom is 0.226 e. The summed E-state index contributed by atoms with van der Waals surface area (Å²) in [6.07, 6.45) is 2.50. The third kappa shape index (κ3) is 4.55. The second kappa shape index (κ2) is 8.26. The fourth-order valence-electron chi connectivity index (χ4n) is 2.80. The minimum atomic E-state index is 0.0484. The van der Waals surface area contributed by atoms with Crippen molar-refractivity contribution in [2.24, 2.45) is 0 Å². The van der Waals surface area contributed by atoms with E-state index in [4.69, 9.17) is 4.74 Å². The second-order valence-electron chi connectivity index (χ2n) is 5.89. The summed E-state index contributed by atoms with van der Waals surface area (Å²) in [7, 11) is 0. The molecule has 1 unspecified atom stereocenters. The number of amides is 1. The van der Waals surface area contributed by atoms with Gasteiger partial charge in [-0.3, -0.25) is 4.79 Å². The minimum Gasteiger partial charge on any atom is -0.494 e. The van der Waals surface area contributed by atoms with Crippen molar-refractivity contribution in [3.8, 4) is 16.3 Å². The van der Waals surface area contributed by atoms with Gasteiger partial charge in [0.05, 0.1) is 18.7 Å². The summed E-state index contributed by atoms with van der Waals surface area (Å²) in [5.41, 5.74) is 1.87. The zero-order valence-corrected chi connectivity index (χ0v) is 14.7. The first-order chi connectivity index (χ1) is 11.7. The van der Waals surface area contributed by atoms with Gasteiger partial charge in [0.15, 0.2) is 0 Å². The van der Waals surface area contributed by atoms with Gasteiger partial charge in [-0.1, -0.05) is 0 Å². The maximum absolute atomic E-state index is 12.2. The first-order valence-corrected chi connectivity index (χ1v) is 9.30. The smallest absolute Gasteiger partial charge is 0.226 e. The molecule has 5 nitrogen and oxygen atoms in total. The molecule has 1 aliphatic heterocycles. The van der Waals surface area contributed by atoms with Crippen LogP contribution >= 0.6 is 11.3 Å².